The zero-order chi connectivity index (χ0) is 21.1. The molecule has 4 rings (SSSR count). The van der Waals surface area contributed by atoms with Crippen molar-refractivity contribution in [3.8, 4) is 5.75 Å². The Balaban J connectivity index is 1.85. The molecule has 1 fully saturated rings. The van der Waals surface area contributed by atoms with Crippen molar-refractivity contribution >= 4 is 33.2 Å². The van der Waals surface area contributed by atoms with E-state index in [0.29, 0.717) is 5.65 Å². The summed E-state index contributed by atoms with van der Waals surface area (Å²) >= 11 is 3.50. The number of aromatic nitrogens is 2. The predicted molar refractivity (Wildman–Crippen MR) is 117 cm³/mol. The number of pyridine rings is 1. The number of rotatable bonds is 5. The standard InChI is InChI=1S/C22H22BrN3O4/c1-29-22(28)18-19(30-14-15-8-4-2-5-9-15)21(27)26-13-16(23)12-17(20(26)24-18)25-10-6-3-7-11-25/h2,4-5,8-9,12-13H,3,6-7,10-11,14H2,1H3. The molecule has 156 valence electrons. The van der Waals surface area contributed by atoms with E-state index in [2.05, 4.69) is 25.8 Å². The minimum Gasteiger partial charge on any atom is -0.481 e. The van der Waals surface area contributed by atoms with Crippen LogP contribution in [-0.4, -0.2) is 35.6 Å². The molecule has 1 saturated heterocycles. The molecule has 30 heavy (non-hydrogen) atoms. The lowest BCUT2D eigenvalue weighted by molar-refractivity contribution is 0.0588. The lowest BCUT2D eigenvalue weighted by Crippen LogP contribution is -2.31. The number of nitrogens with zero attached hydrogens (tertiary/aromatic N) is 3. The van der Waals surface area contributed by atoms with Gasteiger partial charge in [-0.3, -0.25) is 9.20 Å². The smallest absolute Gasteiger partial charge is 0.360 e. The maximum Gasteiger partial charge on any atom is 0.360 e. The first-order valence-corrected chi connectivity index (χ1v) is 10.6. The van der Waals surface area contributed by atoms with Gasteiger partial charge >= 0.3 is 11.5 Å². The Kier molecular flexibility index (Phi) is 6.03. The first kappa shape index (κ1) is 20.4. The lowest BCUT2D eigenvalue weighted by atomic mass is 10.1. The van der Waals surface area contributed by atoms with Crippen molar-refractivity contribution in [1.29, 1.82) is 0 Å². The number of carbonyl (C=O) groups excluding carboxylic acids is 1. The number of benzene rings is 1. The van der Waals surface area contributed by atoms with Gasteiger partial charge in [-0.1, -0.05) is 30.3 Å². The van der Waals surface area contributed by atoms with Gasteiger partial charge in [-0.05, 0) is 46.8 Å². The van der Waals surface area contributed by atoms with Gasteiger partial charge in [0.1, 0.15) is 6.61 Å². The van der Waals surface area contributed by atoms with Crippen molar-refractivity contribution in [3.05, 3.63) is 68.7 Å². The fraction of sp³-hybridized carbons (Fsp3) is 0.318. The number of piperidine rings is 1. The Morgan fingerprint density at radius 3 is 2.60 bits per heavy atom. The van der Waals surface area contributed by atoms with E-state index in [9.17, 15) is 9.59 Å². The van der Waals surface area contributed by atoms with Crippen molar-refractivity contribution in [2.45, 2.75) is 25.9 Å². The van der Waals surface area contributed by atoms with Gasteiger partial charge in [0.15, 0.2) is 11.3 Å². The van der Waals surface area contributed by atoms with Crippen LogP contribution < -0.4 is 15.2 Å². The van der Waals surface area contributed by atoms with Crippen LogP contribution in [0.5, 0.6) is 5.75 Å². The van der Waals surface area contributed by atoms with Crippen LogP contribution in [-0.2, 0) is 11.3 Å². The molecule has 0 unspecified atom stereocenters. The monoisotopic (exact) mass is 471 g/mol. The van der Waals surface area contributed by atoms with E-state index in [1.807, 2.05) is 36.4 Å². The normalized spacial score (nSPS) is 14.0. The van der Waals surface area contributed by atoms with Crippen LogP contribution in [0.25, 0.3) is 5.65 Å². The average molecular weight is 472 g/mol. The van der Waals surface area contributed by atoms with E-state index in [-0.39, 0.29) is 18.1 Å². The third kappa shape index (κ3) is 4.05. The van der Waals surface area contributed by atoms with Crippen molar-refractivity contribution in [1.82, 2.24) is 9.38 Å². The Morgan fingerprint density at radius 1 is 1.17 bits per heavy atom. The third-order valence-corrected chi connectivity index (χ3v) is 5.57. The molecule has 7 nitrogen and oxygen atoms in total. The Bertz CT molecular complexity index is 1120. The average Bonchev–Trinajstić information content (AvgIpc) is 2.79. The van der Waals surface area contributed by atoms with Crippen molar-refractivity contribution in [3.63, 3.8) is 0 Å². The molecule has 0 aliphatic carbocycles. The molecule has 0 amide bonds. The van der Waals surface area contributed by atoms with Crippen LogP contribution in [0.4, 0.5) is 5.69 Å². The fourth-order valence-corrected chi connectivity index (χ4v) is 4.06. The number of ether oxygens (including phenoxy) is 2. The zero-order valence-electron chi connectivity index (χ0n) is 16.6. The van der Waals surface area contributed by atoms with Gasteiger partial charge in [0.25, 0.3) is 0 Å². The lowest BCUT2D eigenvalue weighted by Gasteiger charge is -2.29. The third-order valence-electron chi connectivity index (χ3n) is 5.13. The number of halogens is 1. The molecule has 1 aliphatic heterocycles. The summed E-state index contributed by atoms with van der Waals surface area (Å²) in [5, 5.41) is 0. The highest BCUT2D eigenvalue weighted by Crippen LogP contribution is 2.28. The summed E-state index contributed by atoms with van der Waals surface area (Å²) < 4.78 is 12.9. The zero-order valence-corrected chi connectivity index (χ0v) is 18.2. The number of methoxy groups -OCH3 is 1. The molecule has 0 spiro atoms. The van der Waals surface area contributed by atoms with Crippen LogP contribution in [0, 0.1) is 0 Å². The van der Waals surface area contributed by atoms with Gasteiger partial charge in [-0.15, -0.1) is 0 Å². The molecule has 2 aromatic heterocycles. The molecule has 0 saturated carbocycles. The molecule has 0 N–H and O–H groups in total. The van der Waals surface area contributed by atoms with Crippen molar-refractivity contribution < 1.29 is 14.3 Å². The van der Waals surface area contributed by atoms with E-state index in [0.717, 1.165) is 41.7 Å². The minimum atomic E-state index is -0.704. The minimum absolute atomic E-state index is 0.112. The molecule has 3 aromatic rings. The van der Waals surface area contributed by atoms with Crippen LogP contribution in [0.3, 0.4) is 0 Å². The summed E-state index contributed by atoms with van der Waals surface area (Å²) in [5.74, 6) is -0.823. The second-order valence-electron chi connectivity index (χ2n) is 7.15. The van der Waals surface area contributed by atoms with Crippen LogP contribution in [0.15, 0.2) is 51.9 Å². The maximum atomic E-state index is 13.3. The SMILES string of the molecule is COC(=O)c1nc2c(N3CCCCC3)cc(Br)cn2c(=O)c1OCc1ccccc1. The van der Waals surface area contributed by atoms with Gasteiger partial charge in [-0.25, -0.2) is 9.78 Å². The van der Waals surface area contributed by atoms with Gasteiger partial charge in [0, 0.05) is 23.8 Å². The van der Waals surface area contributed by atoms with E-state index < -0.39 is 11.5 Å². The fourth-order valence-electron chi connectivity index (χ4n) is 3.64. The second kappa shape index (κ2) is 8.87. The Hall–Kier alpha value is -2.87. The van der Waals surface area contributed by atoms with Gasteiger partial charge in [0.2, 0.25) is 5.75 Å². The molecule has 0 bridgehead atoms. The van der Waals surface area contributed by atoms with Crippen LogP contribution in [0.1, 0.15) is 35.3 Å². The van der Waals surface area contributed by atoms with Crippen molar-refractivity contribution in [2.24, 2.45) is 0 Å². The number of anilines is 1. The number of fused-ring (bicyclic) bond motifs is 1. The molecule has 0 radical (unpaired) electrons. The highest BCUT2D eigenvalue weighted by atomic mass is 79.9. The maximum absolute atomic E-state index is 13.3. The molecular weight excluding hydrogens is 450 g/mol. The molecule has 3 heterocycles. The number of hydrogen-bond donors (Lipinski definition) is 0. The van der Waals surface area contributed by atoms with Gasteiger partial charge < -0.3 is 14.4 Å². The van der Waals surface area contributed by atoms with E-state index >= 15 is 0 Å². The summed E-state index contributed by atoms with van der Waals surface area (Å²) in [6.07, 6.45) is 4.98. The molecule has 1 aromatic carbocycles. The highest BCUT2D eigenvalue weighted by molar-refractivity contribution is 9.10. The van der Waals surface area contributed by atoms with E-state index in [4.69, 9.17) is 9.47 Å². The number of esters is 1. The number of hydrogen-bond acceptors (Lipinski definition) is 6. The predicted octanol–water partition coefficient (Wildman–Crippen LogP) is 3.81. The van der Waals surface area contributed by atoms with E-state index in [1.54, 1.807) is 6.20 Å². The van der Waals surface area contributed by atoms with Crippen LogP contribution in [0.2, 0.25) is 0 Å². The van der Waals surface area contributed by atoms with Gasteiger partial charge in [-0.2, -0.15) is 0 Å². The molecule has 0 atom stereocenters. The largest absolute Gasteiger partial charge is 0.481 e. The summed E-state index contributed by atoms with van der Waals surface area (Å²) in [4.78, 5) is 32.5. The van der Waals surface area contributed by atoms with Crippen LogP contribution >= 0.6 is 15.9 Å². The Labute approximate surface area is 182 Å². The summed E-state index contributed by atoms with van der Waals surface area (Å²) in [6.45, 7) is 1.89. The number of carbonyl (C=O) groups is 1. The summed E-state index contributed by atoms with van der Waals surface area (Å²) in [5.41, 5.74) is 1.54. The Morgan fingerprint density at radius 2 is 1.90 bits per heavy atom. The summed E-state index contributed by atoms with van der Waals surface area (Å²) in [7, 11) is 1.26. The molecular formula is C22H22BrN3O4. The highest BCUT2D eigenvalue weighted by Gasteiger charge is 2.25. The van der Waals surface area contributed by atoms with E-state index in [1.165, 1.54) is 17.9 Å². The quantitative estimate of drug-likeness (QED) is 0.526. The van der Waals surface area contributed by atoms with Crippen molar-refractivity contribution in [2.75, 3.05) is 25.1 Å². The topological polar surface area (TPSA) is 73.1 Å². The van der Waals surface area contributed by atoms with Gasteiger partial charge in [0.05, 0.1) is 12.8 Å². The first-order chi connectivity index (χ1) is 14.6. The summed E-state index contributed by atoms with van der Waals surface area (Å²) in [6, 6.07) is 11.4. The molecule has 8 heteroatoms. The second-order valence-corrected chi connectivity index (χ2v) is 8.06. The first-order valence-electron chi connectivity index (χ1n) is 9.84. The molecule has 1 aliphatic rings.